The maximum absolute atomic E-state index is 12.6. The number of nitrogens with zero attached hydrogens (tertiary/aromatic N) is 2. The number of methoxy groups -OCH3 is 1. The van der Waals surface area contributed by atoms with Gasteiger partial charge in [0.2, 0.25) is 0 Å². The van der Waals surface area contributed by atoms with Crippen LogP contribution in [0.2, 0.25) is 0 Å². The van der Waals surface area contributed by atoms with E-state index in [0.29, 0.717) is 21.9 Å². The van der Waals surface area contributed by atoms with E-state index in [1.807, 2.05) is 4.57 Å². The summed E-state index contributed by atoms with van der Waals surface area (Å²) in [7, 11) is 1.28. The van der Waals surface area contributed by atoms with Gasteiger partial charge in [-0.05, 0) is 43.3 Å². The number of carbonyl (C=O) groups is 1. The van der Waals surface area contributed by atoms with Crippen molar-refractivity contribution in [2.75, 3.05) is 7.11 Å². The Morgan fingerprint density at radius 1 is 1.42 bits per heavy atom. The standard InChI is InChI=1S/C18H17N3O4S/c1-24-17(23)11-9-12(13-7-4-8-25-13)19-15-14(11)16(22)20-18(26)21(15)10-5-2-3-6-10/h4,7-10H,2-3,5-6H2,1H3,(H,20,22,26). The predicted molar refractivity (Wildman–Crippen MR) is 97.7 cm³/mol. The molecule has 1 aliphatic rings. The Bertz CT molecular complexity index is 1090. The minimum atomic E-state index is -0.606. The van der Waals surface area contributed by atoms with Gasteiger partial charge < -0.3 is 9.15 Å². The molecule has 7 nitrogen and oxygen atoms in total. The Balaban J connectivity index is 2.12. The van der Waals surface area contributed by atoms with Crippen molar-refractivity contribution in [3.63, 3.8) is 0 Å². The zero-order valence-electron chi connectivity index (χ0n) is 14.2. The number of hydrogen-bond donors (Lipinski definition) is 1. The molecule has 0 aromatic carbocycles. The van der Waals surface area contributed by atoms with Crippen molar-refractivity contribution >= 4 is 29.2 Å². The van der Waals surface area contributed by atoms with E-state index in [-0.39, 0.29) is 17.0 Å². The third-order valence-corrected chi connectivity index (χ3v) is 5.06. The Morgan fingerprint density at radius 3 is 2.85 bits per heavy atom. The van der Waals surface area contributed by atoms with Gasteiger partial charge >= 0.3 is 5.97 Å². The summed E-state index contributed by atoms with van der Waals surface area (Å²) < 4.78 is 12.5. The third kappa shape index (κ3) is 2.66. The van der Waals surface area contributed by atoms with Crippen molar-refractivity contribution in [3.8, 4) is 11.5 Å². The first kappa shape index (κ1) is 16.7. The fourth-order valence-electron chi connectivity index (χ4n) is 3.57. The van der Waals surface area contributed by atoms with Crippen molar-refractivity contribution in [2.45, 2.75) is 31.7 Å². The number of pyridine rings is 1. The lowest BCUT2D eigenvalue weighted by molar-refractivity contribution is 0.0603. The lowest BCUT2D eigenvalue weighted by atomic mass is 10.1. The van der Waals surface area contributed by atoms with E-state index in [1.165, 1.54) is 19.4 Å². The van der Waals surface area contributed by atoms with Crippen LogP contribution in [0, 0.1) is 4.77 Å². The molecular weight excluding hydrogens is 354 g/mol. The number of fused-ring (bicyclic) bond motifs is 1. The second-order valence-electron chi connectivity index (χ2n) is 6.29. The summed E-state index contributed by atoms with van der Waals surface area (Å²) in [6, 6.07) is 5.15. The number of carbonyl (C=O) groups excluding carboxylic acids is 1. The number of esters is 1. The van der Waals surface area contributed by atoms with E-state index in [4.69, 9.17) is 21.4 Å². The summed E-state index contributed by atoms with van der Waals surface area (Å²) in [4.78, 5) is 32.3. The van der Waals surface area contributed by atoms with E-state index in [1.54, 1.807) is 12.1 Å². The van der Waals surface area contributed by atoms with E-state index in [0.717, 1.165) is 25.7 Å². The highest BCUT2D eigenvalue weighted by Crippen LogP contribution is 2.32. The molecule has 1 aliphatic carbocycles. The van der Waals surface area contributed by atoms with Gasteiger partial charge in [-0.25, -0.2) is 9.78 Å². The number of ether oxygens (including phenoxy) is 1. The smallest absolute Gasteiger partial charge is 0.338 e. The Morgan fingerprint density at radius 2 is 2.19 bits per heavy atom. The van der Waals surface area contributed by atoms with Gasteiger partial charge in [0.1, 0.15) is 11.3 Å². The Hall–Kier alpha value is -2.74. The van der Waals surface area contributed by atoms with Crippen molar-refractivity contribution in [1.82, 2.24) is 14.5 Å². The maximum atomic E-state index is 12.6. The Labute approximate surface area is 153 Å². The zero-order chi connectivity index (χ0) is 18.3. The van der Waals surface area contributed by atoms with Crippen LogP contribution in [0.25, 0.3) is 22.5 Å². The fourth-order valence-corrected chi connectivity index (χ4v) is 3.90. The van der Waals surface area contributed by atoms with Crippen molar-refractivity contribution in [2.24, 2.45) is 0 Å². The van der Waals surface area contributed by atoms with Crippen molar-refractivity contribution in [1.29, 1.82) is 0 Å². The second kappa shape index (κ2) is 6.53. The van der Waals surface area contributed by atoms with Crippen LogP contribution in [0.3, 0.4) is 0 Å². The highest BCUT2D eigenvalue weighted by atomic mass is 32.1. The topological polar surface area (TPSA) is 90.1 Å². The molecule has 0 amide bonds. The highest BCUT2D eigenvalue weighted by molar-refractivity contribution is 7.71. The summed E-state index contributed by atoms with van der Waals surface area (Å²) in [6.45, 7) is 0. The summed E-state index contributed by atoms with van der Waals surface area (Å²) in [5, 5.41) is 0.188. The lowest BCUT2D eigenvalue weighted by Crippen LogP contribution is -2.21. The van der Waals surface area contributed by atoms with Crippen LogP contribution in [0.1, 0.15) is 42.1 Å². The molecule has 0 atom stereocenters. The molecule has 0 spiro atoms. The van der Waals surface area contributed by atoms with Gasteiger partial charge in [0.15, 0.2) is 10.5 Å². The van der Waals surface area contributed by atoms with Gasteiger partial charge in [0, 0.05) is 6.04 Å². The molecule has 3 aromatic heterocycles. The SMILES string of the molecule is COC(=O)c1cc(-c2ccco2)nc2c1c(=O)[nH]c(=S)n2C1CCCC1. The van der Waals surface area contributed by atoms with Gasteiger partial charge in [-0.2, -0.15) is 0 Å². The summed E-state index contributed by atoms with van der Waals surface area (Å²) in [5.74, 6) is -0.105. The molecule has 1 fully saturated rings. The molecule has 1 N–H and O–H groups in total. The number of aromatic nitrogens is 3. The number of rotatable bonds is 3. The average molecular weight is 371 g/mol. The van der Waals surface area contributed by atoms with Crippen LogP contribution in [0.15, 0.2) is 33.7 Å². The normalized spacial score (nSPS) is 14.8. The number of nitrogens with one attached hydrogen (secondary N) is 1. The molecule has 8 heteroatoms. The van der Waals surface area contributed by atoms with Gasteiger partial charge in [-0.15, -0.1) is 0 Å². The molecule has 0 radical (unpaired) electrons. The third-order valence-electron chi connectivity index (χ3n) is 4.76. The molecule has 3 heterocycles. The first-order valence-electron chi connectivity index (χ1n) is 8.42. The quantitative estimate of drug-likeness (QED) is 0.559. The number of H-pyrrole nitrogens is 1. The van der Waals surface area contributed by atoms with Crippen molar-refractivity contribution in [3.05, 3.63) is 45.2 Å². The summed E-state index contributed by atoms with van der Waals surface area (Å²) >= 11 is 5.41. The molecule has 134 valence electrons. The fraction of sp³-hybridized carbons (Fsp3) is 0.333. The van der Waals surface area contributed by atoms with Gasteiger partial charge in [-0.1, -0.05) is 12.8 Å². The minimum absolute atomic E-state index is 0.145. The molecule has 26 heavy (non-hydrogen) atoms. The largest absolute Gasteiger partial charge is 0.465 e. The van der Waals surface area contributed by atoms with Crippen LogP contribution < -0.4 is 5.56 Å². The van der Waals surface area contributed by atoms with Crippen molar-refractivity contribution < 1.29 is 13.9 Å². The van der Waals surface area contributed by atoms with Gasteiger partial charge in [0.05, 0.1) is 24.3 Å². The van der Waals surface area contributed by atoms with E-state index in [2.05, 4.69) is 9.97 Å². The first-order valence-corrected chi connectivity index (χ1v) is 8.82. The van der Waals surface area contributed by atoms with E-state index >= 15 is 0 Å². The van der Waals surface area contributed by atoms with Crippen LogP contribution in [-0.4, -0.2) is 27.6 Å². The number of furan rings is 1. The molecule has 0 unspecified atom stereocenters. The van der Waals surface area contributed by atoms with E-state index in [9.17, 15) is 9.59 Å². The zero-order valence-corrected chi connectivity index (χ0v) is 15.0. The molecule has 0 saturated heterocycles. The second-order valence-corrected chi connectivity index (χ2v) is 6.68. The predicted octanol–water partition coefficient (Wildman–Crippen LogP) is 3.62. The first-order chi connectivity index (χ1) is 12.6. The number of aromatic amines is 1. The monoisotopic (exact) mass is 371 g/mol. The van der Waals surface area contributed by atoms with Gasteiger partial charge in [0.25, 0.3) is 5.56 Å². The molecule has 4 rings (SSSR count). The van der Waals surface area contributed by atoms with Crippen LogP contribution >= 0.6 is 12.2 Å². The molecule has 0 bridgehead atoms. The number of hydrogen-bond acceptors (Lipinski definition) is 6. The molecular formula is C18H17N3O4S. The average Bonchev–Trinajstić information content (AvgIpc) is 3.33. The summed E-state index contributed by atoms with van der Waals surface area (Å²) in [6.07, 6.45) is 5.62. The van der Waals surface area contributed by atoms with Crippen LogP contribution in [0.5, 0.6) is 0 Å². The lowest BCUT2D eigenvalue weighted by Gasteiger charge is -2.18. The highest BCUT2D eigenvalue weighted by Gasteiger charge is 2.25. The van der Waals surface area contributed by atoms with Crippen LogP contribution in [0.4, 0.5) is 0 Å². The van der Waals surface area contributed by atoms with Gasteiger partial charge in [-0.3, -0.25) is 14.3 Å². The molecule has 3 aromatic rings. The molecule has 0 aliphatic heterocycles. The summed E-state index contributed by atoms with van der Waals surface area (Å²) in [5.41, 5.74) is 0.541. The maximum Gasteiger partial charge on any atom is 0.338 e. The van der Waals surface area contributed by atoms with E-state index < -0.39 is 11.5 Å². The minimum Gasteiger partial charge on any atom is -0.465 e. The molecule has 1 saturated carbocycles. The Kier molecular flexibility index (Phi) is 4.20. The van der Waals surface area contributed by atoms with Crippen LogP contribution in [-0.2, 0) is 4.74 Å².